The highest BCUT2D eigenvalue weighted by atomic mass is 19.4. The number of alkyl halides is 3. The van der Waals surface area contributed by atoms with Crippen molar-refractivity contribution < 1.29 is 22.8 Å². The number of pyridine rings is 1. The second kappa shape index (κ2) is 8.46. The summed E-state index contributed by atoms with van der Waals surface area (Å²) >= 11 is 0. The van der Waals surface area contributed by atoms with Crippen molar-refractivity contribution in [3.8, 4) is 0 Å². The van der Waals surface area contributed by atoms with Crippen LogP contribution in [0.5, 0.6) is 0 Å². The molecule has 0 aliphatic carbocycles. The molecular formula is C18H18F3N3O2. The van der Waals surface area contributed by atoms with Crippen molar-refractivity contribution in [1.82, 2.24) is 15.2 Å². The van der Waals surface area contributed by atoms with Gasteiger partial charge in [0.15, 0.2) is 0 Å². The first kappa shape index (κ1) is 19.4. The summed E-state index contributed by atoms with van der Waals surface area (Å²) in [5.41, 5.74) is 0.222. The van der Waals surface area contributed by atoms with E-state index in [0.717, 1.165) is 29.8 Å². The Balaban J connectivity index is 1.88. The van der Waals surface area contributed by atoms with Crippen molar-refractivity contribution in [2.75, 3.05) is 13.1 Å². The van der Waals surface area contributed by atoms with Crippen LogP contribution in [0.15, 0.2) is 48.8 Å². The third kappa shape index (κ3) is 5.58. The van der Waals surface area contributed by atoms with Crippen molar-refractivity contribution in [3.63, 3.8) is 0 Å². The summed E-state index contributed by atoms with van der Waals surface area (Å²) in [5.74, 6) is -0.642. The van der Waals surface area contributed by atoms with Crippen LogP contribution in [0.3, 0.4) is 0 Å². The van der Waals surface area contributed by atoms with E-state index in [0.29, 0.717) is 6.54 Å². The molecule has 1 heterocycles. The van der Waals surface area contributed by atoms with E-state index in [2.05, 4.69) is 10.3 Å². The lowest BCUT2D eigenvalue weighted by Crippen LogP contribution is -2.37. The monoisotopic (exact) mass is 365 g/mol. The maximum absolute atomic E-state index is 12.5. The molecule has 0 aliphatic rings. The van der Waals surface area contributed by atoms with Gasteiger partial charge in [-0.1, -0.05) is 0 Å². The number of halogens is 3. The van der Waals surface area contributed by atoms with E-state index in [4.69, 9.17) is 0 Å². The zero-order valence-electron chi connectivity index (χ0n) is 14.1. The lowest BCUT2D eigenvalue weighted by molar-refractivity contribution is -0.137. The van der Waals surface area contributed by atoms with Crippen LogP contribution in [0.25, 0.3) is 0 Å². The molecule has 0 bridgehead atoms. The van der Waals surface area contributed by atoms with Crippen molar-refractivity contribution >= 4 is 11.8 Å². The van der Waals surface area contributed by atoms with Gasteiger partial charge in [-0.25, -0.2) is 0 Å². The first-order valence-corrected chi connectivity index (χ1v) is 7.87. The molecule has 8 heteroatoms. The zero-order chi connectivity index (χ0) is 19.2. The number of nitrogens with zero attached hydrogens (tertiary/aromatic N) is 2. The largest absolute Gasteiger partial charge is 0.416 e. The first-order valence-electron chi connectivity index (χ1n) is 7.87. The summed E-state index contributed by atoms with van der Waals surface area (Å²) in [5, 5.41) is 2.60. The van der Waals surface area contributed by atoms with E-state index in [1.54, 1.807) is 29.4 Å². The minimum atomic E-state index is -4.44. The quantitative estimate of drug-likeness (QED) is 0.856. The molecule has 2 aromatic rings. The second-order valence-corrected chi connectivity index (χ2v) is 5.63. The molecule has 1 N–H and O–H groups in total. The van der Waals surface area contributed by atoms with Crippen LogP contribution in [0.4, 0.5) is 13.2 Å². The van der Waals surface area contributed by atoms with Crippen LogP contribution in [0, 0.1) is 0 Å². The molecule has 0 spiro atoms. The number of rotatable bonds is 6. The number of amides is 2. The number of benzene rings is 1. The van der Waals surface area contributed by atoms with E-state index < -0.39 is 17.6 Å². The SMILES string of the molecule is CC(=O)N(CCNC(=O)c1ccc(C(F)(F)F)cc1)Cc1ccncc1. The van der Waals surface area contributed by atoms with Gasteiger partial charge in [0.25, 0.3) is 5.91 Å². The summed E-state index contributed by atoms with van der Waals surface area (Å²) in [4.78, 5) is 29.2. The molecule has 0 atom stereocenters. The van der Waals surface area contributed by atoms with E-state index in [-0.39, 0.29) is 24.6 Å². The highest BCUT2D eigenvalue weighted by Gasteiger charge is 2.30. The highest BCUT2D eigenvalue weighted by Crippen LogP contribution is 2.29. The average molecular weight is 365 g/mol. The molecule has 1 aromatic heterocycles. The summed E-state index contributed by atoms with van der Waals surface area (Å²) in [6, 6.07) is 7.55. The molecule has 0 unspecified atom stereocenters. The van der Waals surface area contributed by atoms with Gasteiger partial charge < -0.3 is 10.2 Å². The molecule has 0 saturated carbocycles. The van der Waals surface area contributed by atoms with Crippen molar-refractivity contribution in [3.05, 3.63) is 65.5 Å². The third-order valence-corrected chi connectivity index (χ3v) is 3.71. The van der Waals surface area contributed by atoms with Crippen LogP contribution in [0.1, 0.15) is 28.4 Å². The standard InChI is InChI=1S/C18H18F3N3O2/c1-13(25)24(12-14-6-8-22-9-7-14)11-10-23-17(26)15-2-4-16(5-3-15)18(19,20)21/h2-9H,10-12H2,1H3,(H,23,26). The number of carbonyl (C=O) groups is 2. The Morgan fingerprint density at radius 2 is 1.69 bits per heavy atom. The predicted molar refractivity (Wildman–Crippen MR) is 89.1 cm³/mol. The molecular weight excluding hydrogens is 347 g/mol. The predicted octanol–water partition coefficient (Wildman–Crippen LogP) is 2.88. The maximum Gasteiger partial charge on any atom is 0.416 e. The normalized spacial score (nSPS) is 11.1. The Morgan fingerprint density at radius 3 is 2.23 bits per heavy atom. The van der Waals surface area contributed by atoms with Crippen LogP contribution in [0.2, 0.25) is 0 Å². The number of hydrogen-bond donors (Lipinski definition) is 1. The summed E-state index contributed by atoms with van der Waals surface area (Å²) in [7, 11) is 0. The average Bonchev–Trinajstić information content (AvgIpc) is 2.61. The number of hydrogen-bond acceptors (Lipinski definition) is 3. The summed E-state index contributed by atoms with van der Waals surface area (Å²) in [6.07, 6.45) is -1.19. The number of carbonyl (C=O) groups excluding carboxylic acids is 2. The van der Waals surface area contributed by atoms with Crippen LogP contribution >= 0.6 is 0 Å². The number of aromatic nitrogens is 1. The molecule has 138 valence electrons. The molecule has 2 rings (SSSR count). The Labute approximate surface area is 148 Å². The third-order valence-electron chi connectivity index (χ3n) is 3.71. The molecule has 0 radical (unpaired) electrons. The van der Waals surface area contributed by atoms with Gasteiger partial charge in [-0.05, 0) is 42.0 Å². The van der Waals surface area contributed by atoms with Gasteiger partial charge in [-0.3, -0.25) is 14.6 Å². The van der Waals surface area contributed by atoms with Gasteiger partial charge >= 0.3 is 6.18 Å². The zero-order valence-corrected chi connectivity index (χ0v) is 14.1. The lowest BCUT2D eigenvalue weighted by atomic mass is 10.1. The van der Waals surface area contributed by atoms with Gasteiger partial charge in [0.2, 0.25) is 5.91 Å². The van der Waals surface area contributed by atoms with Gasteiger partial charge in [0.1, 0.15) is 0 Å². The molecule has 0 fully saturated rings. The Hall–Kier alpha value is -2.90. The molecule has 5 nitrogen and oxygen atoms in total. The highest BCUT2D eigenvalue weighted by molar-refractivity contribution is 5.94. The smallest absolute Gasteiger partial charge is 0.350 e. The fraction of sp³-hybridized carbons (Fsp3) is 0.278. The van der Waals surface area contributed by atoms with E-state index >= 15 is 0 Å². The van der Waals surface area contributed by atoms with Crippen LogP contribution in [-0.4, -0.2) is 34.8 Å². The van der Waals surface area contributed by atoms with E-state index in [1.807, 2.05) is 0 Å². The summed E-state index contributed by atoms with van der Waals surface area (Å²) in [6.45, 7) is 2.28. The number of nitrogens with one attached hydrogen (secondary N) is 1. The molecule has 1 aromatic carbocycles. The molecule has 26 heavy (non-hydrogen) atoms. The van der Waals surface area contributed by atoms with Crippen molar-refractivity contribution in [1.29, 1.82) is 0 Å². The fourth-order valence-electron chi connectivity index (χ4n) is 2.27. The van der Waals surface area contributed by atoms with E-state index in [9.17, 15) is 22.8 Å². The Bertz CT molecular complexity index is 747. The minimum Gasteiger partial charge on any atom is -0.350 e. The topological polar surface area (TPSA) is 62.3 Å². The molecule has 0 saturated heterocycles. The second-order valence-electron chi connectivity index (χ2n) is 5.63. The lowest BCUT2D eigenvalue weighted by Gasteiger charge is -2.21. The van der Waals surface area contributed by atoms with Crippen LogP contribution in [-0.2, 0) is 17.5 Å². The van der Waals surface area contributed by atoms with Gasteiger partial charge in [0, 0.05) is 44.5 Å². The van der Waals surface area contributed by atoms with Gasteiger partial charge in [-0.2, -0.15) is 13.2 Å². The van der Waals surface area contributed by atoms with Gasteiger partial charge in [0.05, 0.1) is 5.56 Å². The molecule has 2 amide bonds. The minimum absolute atomic E-state index is 0.126. The van der Waals surface area contributed by atoms with Crippen molar-refractivity contribution in [2.24, 2.45) is 0 Å². The first-order chi connectivity index (χ1) is 12.3. The summed E-state index contributed by atoms with van der Waals surface area (Å²) < 4.78 is 37.6. The fourth-order valence-corrected chi connectivity index (χ4v) is 2.27. The van der Waals surface area contributed by atoms with Crippen molar-refractivity contribution in [2.45, 2.75) is 19.6 Å². The van der Waals surface area contributed by atoms with Crippen LogP contribution < -0.4 is 5.32 Å². The Morgan fingerprint density at radius 1 is 1.08 bits per heavy atom. The van der Waals surface area contributed by atoms with E-state index in [1.165, 1.54) is 6.92 Å². The Kier molecular flexibility index (Phi) is 6.32. The maximum atomic E-state index is 12.5. The molecule has 0 aliphatic heterocycles. The van der Waals surface area contributed by atoms with Gasteiger partial charge in [-0.15, -0.1) is 0 Å².